The van der Waals surface area contributed by atoms with Crippen molar-refractivity contribution in [1.29, 1.82) is 0 Å². The Labute approximate surface area is 219 Å². The minimum absolute atomic E-state index is 0.0754. The molecular weight excluding hydrogens is 486 g/mol. The number of anilines is 2. The van der Waals surface area contributed by atoms with Crippen LogP contribution in [-0.4, -0.2) is 48.3 Å². The first-order chi connectivity index (χ1) is 18.5. The van der Waals surface area contributed by atoms with Gasteiger partial charge in [0, 0.05) is 41.6 Å². The van der Waals surface area contributed by atoms with Gasteiger partial charge in [0.2, 0.25) is 5.88 Å². The van der Waals surface area contributed by atoms with Crippen LogP contribution in [0.25, 0.3) is 22.0 Å². The van der Waals surface area contributed by atoms with Gasteiger partial charge in [0.05, 0.1) is 36.1 Å². The van der Waals surface area contributed by atoms with Crippen LogP contribution >= 0.6 is 0 Å². The lowest BCUT2D eigenvalue weighted by Gasteiger charge is -2.31. The van der Waals surface area contributed by atoms with Crippen LogP contribution in [0.1, 0.15) is 29.6 Å². The Kier molecular flexibility index (Phi) is 7.03. The Morgan fingerprint density at radius 2 is 1.71 bits per heavy atom. The first-order valence-corrected chi connectivity index (χ1v) is 12.3. The molecule has 3 aromatic carbocycles. The van der Waals surface area contributed by atoms with Gasteiger partial charge >= 0.3 is 0 Å². The van der Waals surface area contributed by atoms with Crippen LogP contribution in [0.4, 0.5) is 17.1 Å². The fourth-order valence-electron chi connectivity index (χ4n) is 4.81. The fraction of sp³-hybridized carbons (Fsp3) is 0.250. The number of amides is 1. The van der Waals surface area contributed by atoms with Gasteiger partial charge in [0.1, 0.15) is 11.4 Å². The van der Waals surface area contributed by atoms with E-state index >= 15 is 0 Å². The lowest BCUT2D eigenvalue weighted by Crippen LogP contribution is -2.30. The molecule has 1 N–H and O–H groups in total. The summed E-state index contributed by atoms with van der Waals surface area (Å²) in [7, 11) is 2.98. The molecule has 0 saturated carbocycles. The Hall–Kier alpha value is -4.73. The van der Waals surface area contributed by atoms with Crippen LogP contribution in [0, 0.1) is 10.1 Å². The number of nitro benzene ring substituents is 1. The minimum Gasteiger partial charge on any atom is -0.496 e. The molecule has 0 radical (unpaired) electrons. The molecule has 194 valence electrons. The Bertz CT molecular complexity index is 1520. The average molecular weight is 514 g/mol. The quantitative estimate of drug-likeness (QED) is 0.255. The second-order valence-electron chi connectivity index (χ2n) is 8.98. The van der Waals surface area contributed by atoms with E-state index in [-0.39, 0.29) is 17.0 Å². The molecule has 1 amide bonds. The molecule has 1 fully saturated rings. The van der Waals surface area contributed by atoms with Crippen molar-refractivity contribution in [2.24, 2.45) is 0 Å². The normalized spacial score (nSPS) is 13.3. The molecule has 2 heterocycles. The van der Waals surface area contributed by atoms with Crippen LogP contribution in [0.15, 0.2) is 60.7 Å². The Morgan fingerprint density at radius 3 is 2.42 bits per heavy atom. The first kappa shape index (κ1) is 24.9. The van der Waals surface area contributed by atoms with E-state index in [9.17, 15) is 14.9 Å². The van der Waals surface area contributed by atoms with E-state index in [0.717, 1.165) is 54.4 Å². The number of hydrogen-bond acceptors (Lipinski definition) is 8. The second kappa shape index (κ2) is 10.7. The number of fused-ring (bicyclic) bond motifs is 1. The number of methoxy groups -OCH3 is 2. The fourth-order valence-corrected chi connectivity index (χ4v) is 4.81. The summed E-state index contributed by atoms with van der Waals surface area (Å²) in [4.78, 5) is 26.5. The predicted octanol–water partition coefficient (Wildman–Crippen LogP) is 5.46. The summed E-state index contributed by atoms with van der Waals surface area (Å²) in [6.45, 7) is 1.74. The summed E-state index contributed by atoms with van der Waals surface area (Å²) in [6.07, 6.45) is 3.28. The number of non-ortho nitro benzene ring substituents is 1. The smallest absolute Gasteiger partial charge is 0.270 e. The van der Waals surface area contributed by atoms with Crippen molar-refractivity contribution in [3.63, 3.8) is 0 Å². The molecule has 1 aliphatic rings. The molecule has 0 atom stereocenters. The van der Waals surface area contributed by atoms with Gasteiger partial charge in [-0.2, -0.15) is 0 Å². The topological polar surface area (TPSA) is 120 Å². The number of nitrogens with one attached hydrogen (secondary N) is 1. The van der Waals surface area contributed by atoms with E-state index in [1.54, 1.807) is 7.11 Å². The molecule has 38 heavy (non-hydrogen) atoms. The van der Waals surface area contributed by atoms with Crippen molar-refractivity contribution in [3.8, 4) is 22.9 Å². The maximum absolute atomic E-state index is 13.5. The largest absolute Gasteiger partial charge is 0.496 e. The van der Waals surface area contributed by atoms with Gasteiger partial charge in [-0.05, 0) is 43.5 Å². The van der Waals surface area contributed by atoms with Crippen LogP contribution in [0.2, 0.25) is 0 Å². The van der Waals surface area contributed by atoms with E-state index in [2.05, 4.69) is 20.4 Å². The zero-order chi connectivity index (χ0) is 26.6. The van der Waals surface area contributed by atoms with Gasteiger partial charge in [0.25, 0.3) is 11.6 Å². The molecule has 5 rings (SSSR count). The highest BCUT2D eigenvalue weighted by molar-refractivity contribution is 6.09. The molecule has 0 bridgehead atoms. The zero-order valence-corrected chi connectivity index (χ0v) is 21.1. The molecule has 10 nitrogen and oxygen atoms in total. The summed E-state index contributed by atoms with van der Waals surface area (Å²) in [5.74, 6) is 0.169. The number of piperidine rings is 1. The molecule has 1 saturated heterocycles. The highest BCUT2D eigenvalue weighted by Gasteiger charge is 2.22. The van der Waals surface area contributed by atoms with Crippen LogP contribution in [0.5, 0.6) is 11.6 Å². The van der Waals surface area contributed by atoms with E-state index in [4.69, 9.17) is 9.47 Å². The molecule has 0 aliphatic carbocycles. The molecule has 0 spiro atoms. The summed E-state index contributed by atoms with van der Waals surface area (Å²) < 4.78 is 10.7. The summed E-state index contributed by atoms with van der Waals surface area (Å²) in [5.41, 5.74) is 2.74. The first-order valence-electron chi connectivity index (χ1n) is 12.3. The van der Waals surface area contributed by atoms with E-state index in [0.29, 0.717) is 17.3 Å². The standard InChI is InChI=1S/C28H27N5O5/c1-37-25-13-11-19(33(35)36)17-22(25)27(34)29-23-16-18(10-12-24(23)32-14-6-3-7-15-32)26-20-8-4-5-9-21(20)28(38-2)31-30-26/h4-5,8-13,16-17H,3,6-7,14-15H2,1-2H3,(H,29,34). The zero-order valence-electron chi connectivity index (χ0n) is 21.1. The molecule has 1 aromatic heterocycles. The molecular formula is C28H27N5O5. The van der Waals surface area contributed by atoms with Gasteiger partial charge in [-0.15, -0.1) is 10.2 Å². The monoisotopic (exact) mass is 513 g/mol. The minimum atomic E-state index is -0.538. The second-order valence-corrected chi connectivity index (χ2v) is 8.98. The third-order valence-corrected chi connectivity index (χ3v) is 6.70. The highest BCUT2D eigenvalue weighted by atomic mass is 16.6. The van der Waals surface area contributed by atoms with Gasteiger partial charge in [0.15, 0.2) is 0 Å². The lowest BCUT2D eigenvalue weighted by molar-refractivity contribution is -0.384. The van der Waals surface area contributed by atoms with Gasteiger partial charge < -0.3 is 19.7 Å². The van der Waals surface area contributed by atoms with E-state index in [1.807, 2.05) is 42.5 Å². The highest BCUT2D eigenvalue weighted by Crippen LogP contribution is 2.37. The molecule has 1 aliphatic heterocycles. The number of aromatic nitrogens is 2. The number of rotatable bonds is 7. The van der Waals surface area contributed by atoms with E-state index in [1.165, 1.54) is 25.3 Å². The number of benzene rings is 3. The lowest BCUT2D eigenvalue weighted by atomic mass is 10.0. The summed E-state index contributed by atoms with van der Waals surface area (Å²) in [6, 6.07) is 17.5. The molecule has 0 unspecified atom stereocenters. The average Bonchev–Trinajstić information content (AvgIpc) is 2.96. The van der Waals surface area contributed by atoms with Crippen molar-refractivity contribution in [3.05, 3.63) is 76.3 Å². The van der Waals surface area contributed by atoms with Crippen LogP contribution in [0.3, 0.4) is 0 Å². The summed E-state index contributed by atoms with van der Waals surface area (Å²) in [5, 5.41) is 24.7. The predicted molar refractivity (Wildman–Crippen MR) is 145 cm³/mol. The summed E-state index contributed by atoms with van der Waals surface area (Å²) >= 11 is 0. The Balaban J connectivity index is 1.60. The third kappa shape index (κ3) is 4.80. The number of nitro groups is 1. The number of carbonyl (C=O) groups excluding carboxylic acids is 1. The van der Waals surface area contributed by atoms with Crippen molar-refractivity contribution in [1.82, 2.24) is 10.2 Å². The van der Waals surface area contributed by atoms with Crippen molar-refractivity contribution >= 4 is 33.7 Å². The van der Waals surface area contributed by atoms with Gasteiger partial charge in [-0.25, -0.2) is 0 Å². The SMILES string of the molecule is COc1ccc([N+](=O)[O-])cc1C(=O)Nc1cc(-c2nnc(OC)c3ccccc23)ccc1N1CCCCC1. The Morgan fingerprint density at radius 1 is 0.947 bits per heavy atom. The van der Waals surface area contributed by atoms with Gasteiger partial charge in [-0.1, -0.05) is 24.3 Å². The van der Waals surface area contributed by atoms with Crippen molar-refractivity contribution in [2.45, 2.75) is 19.3 Å². The van der Waals surface area contributed by atoms with Crippen LogP contribution < -0.4 is 19.7 Å². The third-order valence-electron chi connectivity index (χ3n) is 6.70. The number of hydrogen-bond donors (Lipinski definition) is 1. The van der Waals surface area contributed by atoms with Gasteiger partial charge in [-0.3, -0.25) is 14.9 Å². The number of carbonyl (C=O) groups is 1. The van der Waals surface area contributed by atoms with E-state index < -0.39 is 10.8 Å². The maximum Gasteiger partial charge on any atom is 0.270 e. The number of nitrogens with zero attached hydrogens (tertiary/aromatic N) is 4. The van der Waals surface area contributed by atoms with Crippen molar-refractivity contribution in [2.75, 3.05) is 37.5 Å². The van der Waals surface area contributed by atoms with Crippen LogP contribution in [-0.2, 0) is 0 Å². The number of ether oxygens (including phenoxy) is 2. The molecule has 10 heteroatoms. The molecule has 4 aromatic rings. The maximum atomic E-state index is 13.5. The van der Waals surface area contributed by atoms with Crippen molar-refractivity contribution < 1.29 is 19.2 Å².